The number of hydrogen-bond donors (Lipinski definition) is 1. The maximum Gasteiger partial charge on any atom is 0.326 e. The molecule has 0 amide bonds. The molecule has 0 saturated carbocycles. The van der Waals surface area contributed by atoms with E-state index < -0.39 is 0 Å². The Balaban J connectivity index is 1.79. The summed E-state index contributed by atoms with van der Waals surface area (Å²) >= 11 is 0. The van der Waals surface area contributed by atoms with Crippen LogP contribution in [-0.4, -0.2) is 33.6 Å². The van der Waals surface area contributed by atoms with Crippen molar-refractivity contribution in [3.8, 4) is 11.3 Å². The summed E-state index contributed by atoms with van der Waals surface area (Å²) in [6, 6.07) is 6.99. The van der Waals surface area contributed by atoms with Crippen LogP contribution in [0.5, 0.6) is 0 Å². The predicted molar refractivity (Wildman–Crippen MR) is 85.4 cm³/mol. The van der Waals surface area contributed by atoms with Gasteiger partial charge in [0.1, 0.15) is 5.82 Å². The third kappa shape index (κ3) is 2.99. The van der Waals surface area contributed by atoms with E-state index in [9.17, 15) is 9.18 Å². The number of benzene rings is 1. The highest BCUT2D eigenvalue weighted by atomic mass is 19.1. The lowest BCUT2D eigenvalue weighted by Crippen LogP contribution is -2.40. The molecule has 5 heteroatoms. The van der Waals surface area contributed by atoms with Gasteiger partial charge in [0, 0.05) is 31.4 Å². The Kier molecular flexibility index (Phi) is 4.16. The lowest BCUT2D eigenvalue weighted by Gasteiger charge is -2.34. The van der Waals surface area contributed by atoms with Crippen LogP contribution in [0.1, 0.15) is 32.7 Å². The van der Waals surface area contributed by atoms with Crippen LogP contribution >= 0.6 is 0 Å². The number of aromatic amines is 1. The lowest BCUT2D eigenvalue weighted by atomic mass is 10.0. The number of halogens is 1. The molecule has 0 radical (unpaired) electrons. The first-order valence-corrected chi connectivity index (χ1v) is 7.86. The van der Waals surface area contributed by atoms with Crippen LogP contribution in [0.25, 0.3) is 11.3 Å². The van der Waals surface area contributed by atoms with Gasteiger partial charge in [0.2, 0.25) is 0 Å². The highest BCUT2D eigenvalue weighted by Gasteiger charge is 2.23. The molecule has 3 rings (SSSR count). The Labute approximate surface area is 129 Å². The van der Waals surface area contributed by atoms with Crippen molar-refractivity contribution in [1.82, 2.24) is 14.5 Å². The van der Waals surface area contributed by atoms with Crippen LogP contribution in [0, 0.1) is 5.82 Å². The van der Waals surface area contributed by atoms with Crippen LogP contribution in [0.4, 0.5) is 4.39 Å². The van der Waals surface area contributed by atoms with Gasteiger partial charge in [-0.15, -0.1) is 0 Å². The first-order chi connectivity index (χ1) is 10.5. The number of aromatic nitrogens is 2. The number of likely N-dealkylation sites (tertiary alicyclic amines) is 1. The molecular weight excluding hydrogens is 281 g/mol. The number of hydrogen-bond acceptors (Lipinski definition) is 2. The fourth-order valence-corrected chi connectivity index (χ4v) is 3.14. The van der Waals surface area contributed by atoms with Crippen LogP contribution < -0.4 is 5.69 Å². The summed E-state index contributed by atoms with van der Waals surface area (Å²) in [5, 5.41) is 0. The molecule has 1 saturated heterocycles. The van der Waals surface area contributed by atoms with Gasteiger partial charge in [-0.1, -0.05) is 0 Å². The predicted octanol–water partition coefficient (Wildman–Crippen LogP) is 3.03. The maximum atomic E-state index is 13.0. The average molecular weight is 303 g/mol. The van der Waals surface area contributed by atoms with Crippen molar-refractivity contribution in [3.63, 3.8) is 0 Å². The fraction of sp³-hybridized carbons (Fsp3) is 0.471. The molecule has 0 atom stereocenters. The Hall–Kier alpha value is -1.88. The summed E-state index contributed by atoms with van der Waals surface area (Å²) in [7, 11) is 0. The van der Waals surface area contributed by atoms with E-state index >= 15 is 0 Å². The highest BCUT2D eigenvalue weighted by molar-refractivity contribution is 5.57. The van der Waals surface area contributed by atoms with E-state index in [1.807, 2.05) is 6.20 Å². The molecular formula is C17H22FN3O. The minimum Gasteiger partial charge on any atom is -0.306 e. The largest absolute Gasteiger partial charge is 0.326 e. The van der Waals surface area contributed by atoms with Gasteiger partial charge in [0.05, 0.1) is 5.69 Å². The first-order valence-electron chi connectivity index (χ1n) is 7.86. The van der Waals surface area contributed by atoms with Crippen molar-refractivity contribution in [1.29, 1.82) is 0 Å². The molecule has 0 bridgehead atoms. The Morgan fingerprint density at radius 3 is 2.41 bits per heavy atom. The van der Waals surface area contributed by atoms with Gasteiger partial charge in [0.25, 0.3) is 0 Å². The Morgan fingerprint density at radius 2 is 1.82 bits per heavy atom. The average Bonchev–Trinajstić information content (AvgIpc) is 2.90. The third-order valence-electron chi connectivity index (χ3n) is 4.52. The van der Waals surface area contributed by atoms with Gasteiger partial charge in [-0.2, -0.15) is 0 Å². The fourth-order valence-electron chi connectivity index (χ4n) is 3.14. The molecule has 0 unspecified atom stereocenters. The van der Waals surface area contributed by atoms with Crippen molar-refractivity contribution in [3.05, 3.63) is 46.8 Å². The summed E-state index contributed by atoms with van der Waals surface area (Å²) in [6.45, 7) is 6.45. The molecule has 2 aromatic rings. The molecule has 1 aromatic heterocycles. The second kappa shape index (κ2) is 6.08. The van der Waals surface area contributed by atoms with E-state index in [1.165, 1.54) is 12.1 Å². The number of H-pyrrole nitrogens is 1. The van der Waals surface area contributed by atoms with Gasteiger partial charge in [-0.05, 0) is 56.5 Å². The van der Waals surface area contributed by atoms with Gasteiger partial charge in [-0.25, -0.2) is 9.18 Å². The number of nitrogens with zero attached hydrogens (tertiary/aromatic N) is 2. The molecule has 1 fully saturated rings. The standard InChI is InChI=1S/C17H22FN3O/c1-12(2)20-9-7-15(8-10-20)21-11-16(19-17(21)22)13-3-5-14(18)6-4-13/h3-6,11-12,15H,7-10H2,1-2H3,(H,19,22). The van der Waals surface area contributed by atoms with Gasteiger partial charge in [-0.3, -0.25) is 4.57 Å². The summed E-state index contributed by atoms with van der Waals surface area (Å²) < 4.78 is 14.8. The topological polar surface area (TPSA) is 41.0 Å². The Bertz CT molecular complexity index is 679. The molecule has 22 heavy (non-hydrogen) atoms. The van der Waals surface area contributed by atoms with E-state index in [-0.39, 0.29) is 17.5 Å². The van der Waals surface area contributed by atoms with Crippen molar-refractivity contribution in [2.45, 2.75) is 38.8 Å². The van der Waals surface area contributed by atoms with Crippen molar-refractivity contribution in [2.75, 3.05) is 13.1 Å². The normalized spacial score (nSPS) is 17.3. The molecule has 1 aromatic carbocycles. The molecule has 1 aliphatic rings. The molecule has 118 valence electrons. The number of piperidine rings is 1. The molecule has 2 heterocycles. The molecule has 0 spiro atoms. The van der Waals surface area contributed by atoms with Gasteiger partial charge in [0.15, 0.2) is 0 Å². The maximum absolute atomic E-state index is 13.0. The molecule has 1 N–H and O–H groups in total. The summed E-state index contributed by atoms with van der Waals surface area (Å²) in [6.07, 6.45) is 3.84. The highest BCUT2D eigenvalue weighted by Crippen LogP contribution is 2.24. The minimum absolute atomic E-state index is 0.0812. The van der Waals surface area contributed by atoms with Crippen LogP contribution in [0.2, 0.25) is 0 Å². The zero-order valence-corrected chi connectivity index (χ0v) is 13.1. The monoisotopic (exact) mass is 303 g/mol. The number of nitrogens with one attached hydrogen (secondary N) is 1. The summed E-state index contributed by atoms with van der Waals surface area (Å²) in [5.41, 5.74) is 1.50. The Morgan fingerprint density at radius 1 is 1.18 bits per heavy atom. The SMILES string of the molecule is CC(C)N1CCC(n2cc(-c3ccc(F)cc3)[nH]c2=O)CC1. The number of imidazole rings is 1. The van der Waals surface area contributed by atoms with Gasteiger partial charge < -0.3 is 9.88 Å². The molecule has 4 nitrogen and oxygen atoms in total. The van der Waals surface area contributed by atoms with E-state index in [2.05, 4.69) is 23.7 Å². The zero-order chi connectivity index (χ0) is 15.7. The van der Waals surface area contributed by atoms with E-state index in [0.29, 0.717) is 6.04 Å². The minimum atomic E-state index is -0.272. The third-order valence-corrected chi connectivity index (χ3v) is 4.52. The van der Waals surface area contributed by atoms with E-state index in [0.717, 1.165) is 37.2 Å². The van der Waals surface area contributed by atoms with Crippen molar-refractivity contribution < 1.29 is 4.39 Å². The van der Waals surface area contributed by atoms with Crippen LogP contribution in [-0.2, 0) is 0 Å². The lowest BCUT2D eigenvalue weighted by molar-refractivity contribution is 0.151. The van der Waals surface area contributed by atoms with E-state index in [1.54, 1.807) is 16.7 Å². The molecule has 1 aliphatic heterocycles. The summed E-state index contributed by atoms with van der Waals surface area (Å²) in [5.74, 6) is -0.272. The van der Waals surface area contributed by atoms with Crippen LogP contribution in [0.3, 0.4) is 0 Å². The quantitative estimate of drug-likeness (QED) is 0.947. The number of rotatable bonds is 3. The van der Waals surface area contributed by atoms with Crippen molar-refractivity contribution >= 4 is 0 Å². The van der Waals surface area contributed by atoms with Crippen molar-refractivity contribution in [2.24, 2.45) is 0 Å². The van der Waals surface area contributed by atoms with Crippen LogP contribution in [0.15, 0.2) is 35.3 Å². The summed E-state index contributed by atoms with van der Waals surface area (Å²) in [4.78, 5) is 17.5. The van der Waals surface area contributed by atoms with Gasteiger partial charge >= 0.3 is 5.69 Å². The first kappa shape index (κ1) is 15.0. The second-order valence-electron chi connectivity index (χ2n) is 6.25. The zero-order valence-electron chi connectivity index (χ0n) is 13.1. The molecule has 0 aliphatic carbocycles. The van der Waals surface area contributed by atoms with E-state index in [4.69, 9.17) is 0 Å². The second-order valence-corrected chi connectivity index (χ2v) is 6.25. The smallest absolute Gasteiger partial charge is 0.306 e.